The highest BCUT2D eigenvalue weighted by Crippen LogP contribution is 2.38. The van der Waals surface area contributed by atoms with Crippen LogP contribution >= 0.6 is 24.0 Å². The number of halogens is 5. The van der Waals surface area contributed by atoms with Gasteiger partial charge in [0.1, 0.15) is 5.75 Å². The lowest BCUT2D eigenvalue weighted by molar-refractivity contribution is -0.136. The summed E-state index contributed by atoms with van der Waals surface area (Å²) in [4.78, 5) is 30.6. The Morgan fingerprint density at radius 3 is 1.84 bits per heavy atom. The van der Waals surface area contributed by atoms with Gasteiger partial charge in [-0.15, -0.1) is 12.4 Å². The number of amides is 1. The molecule has 18 heteroatoms. The Balaban J connectivity index is -0.000000717. The number of carbonyl (C=O) groups excluding carboxylic acids is 1. The number of hydrogen-bond acceptors (Lipinski definition) is 12. The van der Waals surface area contributed by atoms with Gasteiger partial charge in [-0.25, -0.2) is 0 Å². The molecule has 15 N–H and O–H groups in total. The van der Waals surface area contributed by atoms with Gasteiger partial charge in [-0.3, -0.25) is 4.79 Å². The maximum Gasteiger partial charge on any atom is 0.418 e. The highest BCUT2D eigenvalue weighted by atomic mass is 35.5. The van der Waals surface area contributed by atoms with E-state index < -0.39 is 29.1 Å². The van der Waals surface area contributed by atoms with Crippen molar-refractivity contribution in [1.82, 2.24) is 39.6 Å². The van der Waals surface area contributed by atoms with Crippen molar-refractivity contribution in [3.63, 3.8) is 0 Å². The molecule has 0 atom stereocenters. The number of benzene rings is 2. The van der Waals surface area contributed by atoms with E-state index in [9.17, 15) is 23.1 Å². The van der Waals surface area contributed by atoms with E-state index in [4.69, 9.17) is 16.6 Å². The topological polar surface area (TPSA) is 247 Å². The summed E-state index contributed by atoms with van der Waals surface area (Å²) in [5.74, 6) is -0.205. The van der Waals surface area contributed by atoms with Crippen LogP contribution in [-0.4, -0.2) is 52.1 Å². The summed E-state index contributed by atoms with van der Waals surface area (Å²) in [6, 6.07) is 7.17. The number of anilines is 5. The molecule has 2 saturated heterocycles. The van der Waals surface area contributed by atoms with Crippen LogP contribution in [0.1, 0.15) is 60.2 Å². The fraction of sp³-hybridized carbons (Fsp3) is 0.407. The number of nitrogens with one attached hydrogen (secondary N) is 2. The first-order valence-electron chi connectivity index (χ1n) is 13.2. The SMILES string of the molecule is Cl.N.N.N.N.O=C(Nc1ccc(Nc2nc(N3CCCCC3)nc(N3CCCCC3)n2)cc1C(F)(F)F)c1ccc(Cl)cc1O.[HH].[HH].[HH].[HH]. The third kappa shape index (κ3) is 10.2. The van der Waals surface area contributed by atoms with Crippen LogP contribution in [0, 0.1) is 0 Å². The summed E-state index contributed by atoms with van der Waals surface area (Å²) in [5.41, 5.74) is -1.64. The van der Waals surface area contributed by atoms with Crippen molar-refractivity contribution in [3.05, 3.63) is 52.5 Å². The second kappa shape index (κ2) is 17.7. The van der Waals surface area contributed by atoms with E-state index >= 15 is 0 Å². The summed E-state index contributed by atoms with van der Waals surface area (Å²) >= 11 is 5.79. The third-order valence-corrected chi connectivity index (χ3v) is 7.16. The first kappa shape index (κ1) is 41.3. The standard InChI is InChI=1S/C27H29ClF3N7O2.ClH.4H3N.4H2/c28-17-7-9-19(22(39)15-17)23(40)33-21-10-8-18(16-20(21)27(29,30)31)32-24-34-25(37-11-3-1-4-12-37)36-26(35-24)38-13-5-2-6-14-38;;;;;;;;;/h7-10,15-16,39H,1-6,11-14H2,(H,33,40)(H,32,34,35,36);1H;4*1H3;4*1H. The van der Waals surface area contributed by atoms with Crippen LogP contribution in [0.2, 0.25) is 5.02 Å². The maximum absolute atomic E-state index is 14.1. The number of aromatic hydroxyl groups is 1. The van der Waals surface area contributed by atoms with E-state index in [0.717, 1.165) is 82.9 Å². The Labute approximate surface area is 277 Å². The quantitative estimate of drug-likeness (QED) is 0.129. The number of alkyl halides is 3. The molecule has 13 nitrogen and oxygen atoms in total. The number of rotatable bonds is 6. The molecule has 1 aromatic heterocycles. The lowest BCUT2D eigenvalue weighted by Gasteiger charge is -2.30. The van der Waals surface area contributed by atoms with Gasteiger partial charge >= 0.3 is 6.18 Å². The molecule has 3 heterocycles. The van der Waals surface area contributed by atoms with E-state index in [0.29, 0.717) is 11.9 Å². The second-order valence-electron chi connectivity index (χ2n) is 9.85. The van der Waals surface area contributed by atoms with Crippen LogP contribution in [0.4, 0.5) is 42.4 Å². The first-order chi connectivity index (χ1) is 19.2. The van der Waals surface area contributed by atoms with Crippen LogP contribution in [0.15, 0.2) is 36.4 Å². The van der Waals surface area contributed by atoms with Gasteiger partial charge in [0.15, 0.2) is 0 Å². The van der Waals surface area contributed by atoms with Crippen LogP contribution in [0.5, 0.6) is 5.75 Å². The summed E-state index contributed by atoms with van der Waals surface area (Å²) in [7, 11) is 0. The predicted octanol–water partition coefficient (Wildman–Crippen LogP) is 8.28. The Hall–Kier alpha value is -3.67. The number of nitrogens with zero attached hydrogens (tertiary/aromatic N) is 5. The van der Waals surface area contributed by atoms with E-state index in [1.807, 2.05) is 0 Å². The van der Waals surface area contributed by atoms with Crippen molar-refractivity contribution < 1.29 is 28.8 Å². The number of piperidine rings is 2. The average molecular weight is 689 g/mol. The van der Waals surface area contributed by atoms with Gasteiger partial charge in [0.25, 0.3) is 5.91 Å². The van der Waals surface area contributed by atoms with E-state index in [2.05, 4.69) is 30.4 Å². The molecule has 2 aliphatic rings. The van der Waals surface area contributed by atoms with Crippen LogP contribution in [0.25, 0.3) is 0 Å². The second-order valence-corrected chi connectivity index (χ2v) is 10.3. The molecule has 5 rings (SSSR count). The molecule has 0 aliphatic carbocycles. The maximum atomic E-state index is 14.1. The van der Waals surface area contributed by atoms with E-state index in [1.165, 1.54) is 18.2 Å². The third-order valence-electron chi connectivity index (χ3n) is 6.92. The molecule has 3 aromatic rings. The largest absolute Gasteiger partial charge is 0.507 e. The van der Waals surface area contributed by atoms with Crippen LogP contribution in [0.3, 0.4) is 0 Å². The number of carbonyl (C=O) groups is 1. The fourth-order valence-corrected chi connectivity index (χ4v) is 5.03. The van der Waals surface area contributed by atoms with Crippen molar-refractivity contribution in [2.75, 3.05) is 46.6 Å². The Bertz CT molecular complexity index is 1370. The van der Waals surface area contributed by atoms with Gasteiger partial charge in [-0.05, 0) is 74.9 Å². The minimum absolute atomic E-state index is 0. The molecule has 260 valence electrons. The first-order valence-corrected chi connectivity index (χ1v) is 13.6. The molecule has 0 radical (unpaired) electrons. The van der Waals surface area contributed by atoms with Gasteiger partial charge in [0, 0.05) is 42.6 Å². The minimum Gasteiger partial charge on any atom is -0.507 e. The zero-order valence-electron chi connectivity index (χ0n) is 24.9. The number of phenolic OH excluding ortho intramolecular Hbond substituents is 1. The van der Waals surface area contributed by atoms with Gasteiger partial charge in [-0.2, -0.15) is 28.1 Å². The van der Waals surface area contributed by atoms with Crippen LogP contribution in [-0.2, 0) is 6.18 Å². The van der Waals surface area contributed by atoms with Crippen molar-refractivity contribution >= 4 is 59.1 Å². The lowest BCUT2D eigenvalue weighted by atomic mass is 10.1. The smallest absolute Gasteiger partial charge is 0.418 e. The van der Waals surface area contributed by atoms with Crippen molar-refractivity contribution in [2.45, 2.75) is 44.7 Å². The molecule has 0 spiro atoms. The Morgan fingerprint density at radius 2 is 1.36 bits per heavy atom. The van der Waals surface area contributed by atoms with Gasteiger partial charge in [0.05, 0.1) is 16.8 Å². The van der Waals surface area contributed by atoms with Crippen molar-refractivity contribution in [2.24, 2.45) is 0 Å². The zero-order valence-corrected chi connectivity index (χ0v) is 26.4. The molecule has 45 heavy (non-hydrogen) atoms. The molecule has 2 aromatic carbocycles. The molecule has 0 bridgehead atoms. The molecular weight excluding hydrogens is 638 g/mol. The van der Waals surface area contributed by atoms with E-state index in [1.54, 1.807) is 0 Å². The van der Waals surface area contributed by atoms with Crippen molar-refractivity contribution in [3.8, 4) is 5.75 Å². The highest BCUT2D eigenvalue weighted by Gasteiger charge is 2.35. The number of aromatic nitrogens is 3. The highest BCUT2D eigenvalue weighted by molar-refractivity contribution is 6.31. The summed E-state index contributed by atoms with van der Waals surface area (Å²) < 4.78 is 42.2. The van der Waals surface area contributed by atoms with Gasteiger partial charge in [0.2, 0.25) is 17.8 Å². The van der Waals surface area contributed by atoms with Crippen molar-refractivity contribution in [1.29, 1.82) is 0 Å². The molecule has 1 amide bonds. The fourth-order valence-electron chi connectivity index (χ4n) is 4.86. The Morgan fingerprint density at radius 1 is 0.822 bits per heavy atom. The summed E-state index contributed by atoms with van der Waals surface area (Å²) in [5, 5.41) is 15.4. The molecular formula is C27H50Cl2F3N11O2. The lowest BCUT2D eigenvalue weighted by Crippen LogP contribution is -2.34. The monoisotopic (exact) mass is 687 g/mol. The predicted molar refractivity (Wildman–Crippen MR) is 184 cm³/mol. The summed E-state index contributed by atoms with van der Waals surface area (Å²) in [6.45, 7) is 3.22. The van der Waals surface area contributed by atoms with E-state index in [-0.39, 0.29) is 64.9 Å². The Kier molecular flexibility index (Phi) is 16.3. The minimum atomic E-state index is -4.78. The zero-order chi connectivity index (χ0) is 28.3. The van der Waals surface area contributed by atoms with Gasteiger partial charge in [-0.1, -0.05) is 11.6 Å². The summed E-state index contributed by atoms with van der Waals surface area (Å²) in [6.07, 6.45) is 1.55. The average Bonchev–Trinajstić information content (AvgIpc) is 2.94. The normalized spacial score (nSPS) is 14.3. The van der Waals surface area contributed by atoms with Gasteiger partial charge < -0.3 is 50.1 Å². The molecule has 2 aliphatic heterocycles. The van der Waals surface area contributed by atoms with Crippen LogP contribution < -0.4 is 45.0 Å². The molecule has 0 unspecified atom stereocenters. The number of hydrogen-bond donors (Lipinski definition) is 7. The number of phenols is 1. The molecule has 2 fully saturated rings. The molecule has 0 saturated carbocycles.